The molecule has 31 heavy (non-hydrogen) atoms. The van der Waals surface area contributed by atoms with Crippen molar-refractivity contribution in [2.24, 2.45) is 10.7 Å². The summed E-state index contributed by atoms with van der Waals surface area (Å²) in [6.45, 7) is 3.26. The van der Waals surface area contributed by atoms with Gasteiger partial charge in [-0.3, -0.25) is 14.5 Å². The summed E-state index contributed by atoms with van der Waals surface area (Å²) in [6, 6.07) is 7.98. The summed E-state index contributed by atoms with van der Waals surface area (Å²) in [7, 11) is 1.50. The number of amides is 2. The number of nitrogens with one attached hydrogen (secondary N) is 1. The highest BCUT2D eigenvalue weighted by Crippen LogP contribution is 2.36. The minimum atomic E-state index is -1.22. The van der Waals surface area contributed by atoms with Crippen molar-refractivity contribution in [1.82, 2.24) is 4.90 Å². The molecular weight excluding hydrogens is 406 g/mol. The Labute approximate surface area is 176 Å². The number of carbonyl (C=O) groups is 2. The first-order chi connectivity index (χ1) is 14.6. The molecule has 0 bridgehead atoms. The molecule has 2 amide bonds. The zero-order valence-electron chi connectivity index (χ0n) is 17.1. The minimum absolute atomic E-state index is 0.0160. The van der Waals surface area contributed by atoms with E-state index in [-0.39, 0.29) is 35.3 Å². The van der Waals surface area contributed by atoms with Gasteiger partial charge in [0.25, 0.3) is 5.91 Å². The van der Waals surface area contributed by atoms with Gasteiger partial charge >= 0.3 is 0 Å². The number of benzene rings is 2. The van der Waals surface area contributed by atoms with Crippen LogP contribution in [-0.4, -0.2) is 29.7 Å². The van der Waals surface area contributed by atoms with E-state index in [1.54, 1.807) is 13.8 Å². The zero-order chi connectivity index (χ0) is 22.5. The number of anilines is 1. The first-order valence-corrected chi connectivity index (χ1v) is 9.51. The summed E-state index contributed by atoms with van der Waals surface area (Å²) in [5, 5.41) is 3.15. The number of aryl methyl sites for hydroxylation is 1. The molecule has 1 atom stereocenters. The highest BCUT2D eigenvalue weighted by molar-refractivity contribution is 6.06. The number of hydrogen-bond donors (Lipinski definition) is 2. The van der Waals surface area contributed by atoms with Crippen LogP contribution in [0.15, 0.2) is 45.8 Å². The third-order valence-corrected chi connectivity index (χ3v) is 5.48. The lowest BCUT2D eigenvalue weighted by Gasteiger charge is -2.34. The van der Waals surface area contributed by atoms with Crippen LogP contribution in [0.2, 0.25) is 0 Å². The number of fused-ring (bicyclic) bond motifs is 1. The van der Waals surface area contributed by atoms with Crippen LogP contribution in [0.4, 0.5) is 14.5 Å². The summed E-state index contributed by atoms with van der Waals surface area (Å²) in [5.41, 5.74) is 5.87. The maximum atomic E-state index is 14.7. The molecule has 2 heterocycles. The molecule has 0 aliphatic carbocycles. The average molecular weight is 426 g/mol. The molecule has 3 aromatic rings. The second-order valence-corrected chi connectivity index (χ2v) is 7.72. The van der Waals surface area contributed by atoms with Gasteiger partial charge in [0.2, 0.25) is 5.91 Å². The molecule has 7 nitrogen and oxygen atoms in total. The number of carbonyl (C=O) groups excluding carboxylic acids is 2. The Morgan fingerprint density at radius 2 is 2.00 bits per heavy atom. The predicted octanol–water partition coefficient (Wildman–Crippen LogP) is 3.66. The maximum absolute atomic E-state index is 14.7. The summed E-state index contributed by atoms with van der Waals surface area (Å²) in [6.07, 6.45) is -0.0766. The predicted molar refractivity (Wildman–Crippen MR) is 112 cm³/mol. The first-order valence-electron chi connectivity index (χ1n) is 9.51. The topological polar surface area (TPSA) is 101 Å². The Morgan fingerprint density at radius 1 is 1.26 bits per heavy atom. The lowest BCUT2D eigenvalue weighted by Crippen LogP contribution is -2.47. The minimum Gasteiger partial charge on any atom is -0.451 e. The normalized spacial score (nSPS) is 18.9. The van der Waals surface area contributed by atoms with Crippen LogP contribution >= 0.6 is 0 Å². The number of nitrogens with two attached hydrogens (primary N) is 1. The Kier molecular flexibility index (Phi) is 4.76. The van der Waals surface area contributed by atoms with Crippen LogP contribution in [0.25, 0.3) is 11.0 Å². The van der Waals surface area contributed by atoms with Crippen molar-refractivity contribution in [2.45, 2.75) is 25.8 Å². The van der Waals surface area contributed by atoms with Crippen LogP contribution < -0.4 is 11.1 Å². The van der Waals surface area contributed by atoms with Crippen LogP contribution in [0.3, 0.4) is 0 Å². The Hall–Kier alpha value is -3.75. The summed E-state index contributed by atoms with van der Waals surface area (Å²) < 4.78 is 33.8. The Morgan fingerprint density at radius 3 is 2.71 bits per heavy atom. The summed E-state index contributed by atoms with van der Waals surface area (Å²) in [5.74, 6) is -1.88. The second kappa shape index (κ2) is 7.19. The third kappa shape index (κ3) is 3.52. The van der Waals surface area contributed by atoms with Crippen molar-refractivity contribution < 1.29 is 22.8 Å². The van der Waals surface area contributed by atoms with Crippen LogP contribution in [0.5, 0.6) is 0 Å². The van der Waals surface area contributed by atoms with Crippen molar-refractivity contribution in [2.75, 3.05) is 12.4 Å². The number of guanidine groups is 1. The third-order valence-electron chi connectivity index (χ3n) is 5.48. The lowest BCUT2D eigenvalue weighted by atomic mass is 9.87. The molecule has 2 aromatic carbocycles. The van der Waals surface area contributed by atoms with Gasteiger partial charge in [-0.25, -0.2) is 13.8 Å². The van der Waals surface area contributed by atoms with E-state index in [1.165, 1.54) is 48.3 Å². The molecule has 1 aliphatic rings. The molecule has 9 heteroatoms. The van der Waals surface area contributed by atoms with E-state index in [0.29, 0.717) is 16.5 Å². The fourth-order valence-corrected chi connectivity index (χ4v) is 3.68. The maximum Gasteiger partial charge on any atom is 0.291 e. The standard InChI is InChI=1S/C22H20F2N4O3/c1-11-14-8-12(23)4-7-17(14)31-19(11)20(30)26-13-5-6-16(24)15(9-13)22(2)10-18(29)28(3)21(25)27-22/h4-9H,10H2,1-3H3,(H2,25,27)(H,26,30). The van der Waals surface area contributed by atoms with Crippen molar-refractivity contribution in [3.05, 3.63) is 64.9 Å². The number of hydrogen-bond acceptors (Lipinski definition) is 5. The molecule has 0 fully saturated rings. The SMILES string of the molecule is Cc1c(C(=O)Nc2ccc(F)c(C3(C)CC(=O)N(C)C(N)=N3)c2)oc2ccc(F)cc12. The average Bonchev–Trinajstić information content (AvgIpc) is 3.03. The van der Waals surface area contributed by atoms with Gasteiger partial charge in [-0.2, -0.15) is 0 Å². The van der Waals surface area contributed by atoms with E-state index in [2.05, 4.69) is 10.3 Å². The monoisotopic (exact) mass is 426 g/mol. The molecule has 160 valence electrons. The van der Waals surface area contributed by atoms with Gasteiger partial charge in [-0.15, -0.1) is 0 Å². The molecule has 1 aromatic heterocycles. The van der Waals surface area contributed by atoms with E-state index in [0.717, 1.165) is 0 Å². The van der Waals surface area contributed by atoms with Crippen molar-refractivity contribution in [3.63, 3.8) is 0 Å². The van der Waals surface area contributed by atoms with E-state index >= 15 is 0 Å². The fourth-order valence-electron chi connectivity index (χ4n) is 3.68. The smallest absolute Gasteiger partial charge is 0.291 e. The molecule has 0 radical (unpaired) electrons. The molecule has 3 N–H and O–H groups in total. The van der Waals surface area contributed by atoms with Crippen molar-refractivity contribution >= 4 is 34.4 Å². The Bertz CT molecular complexity index is 1270. The van der Waals surface area contributed by atoms with E-state index in [9.17, 15) is 18.4 Å². The summed E-state index contributed by atoms with van der Waals surface area (Å²) >= 11 is 0. The number of nitrogens with zero attached hydrogens (tertiary/aromatic N) is 2. The second-order valence-electron chi connectivity index (χ2n) is 7.72. The highest BCUT2D eigenvalue weighted by Gasteiger charge is 2.38. The molecule has 0 saturated heterocycles. The Balaban J connectivity index is 1.67. The largest absolute Gasteiger partial charge is 0.451 e. The van der Waals surface area contributed by atoms with Gasteiger partial charge in [0.15, 0.2) is 11.7 Å². The quantitative estimate of drug-likeness (QED) is 0.667. The zero-order valence-corrected chi connectivity index (χ0v) is 17.1. The van der Waals surface area contributed by atoms with Gasteiger partial charge in [0, 0.05) is 29.2 Å². The van der Waals surface area contributed by atoms with Gasteiger partial charge in [-0.05, 0) is 50.2 Å². The number of aliphatic imine (C=N–C) groups is 1. The lowest BCUT2D eigenvalue weighted by molar-refractivity contribution is -0.128. The first kappa shape index (κ1) is 20.5. The van der Waals surface area contributed by atoms with E-state index in [4.69, 9.17) is 10.2 Å². The number of rotatable bonds is 3. The van der Waals surface area contributed by atoms with Crippen molar-refractivity contribution in [3.8, 4) is 0 Å². The van der Waals surface area contributed by atoms with Crippen LogP contribution in [0, 0.1) is 18.6 Å². The van der Waals surface area contributed by atoms with Crippen molar-refractivity contribution in [1.29, 1.82) is 0 Å². The van der Waals surface area contributed by atoms with Gasteiger partial charge in [-0.1, -0.05) is 0 Å². The van der Waals surface area contributed by atoms with Crippen LogP contribution in [0.1, 0.15) is 35.0 Å². The van der Waals surface area contributed by atoms with E-state index in [1.807, 2.05) is 0 Å². The molecule has 1 aliphatic heterocycles. The highest BCUT2D eigenvalue weighted by atomic mass is 19.1. The molecular formula is C22H20F2N4O3. The molecule has 4 rings (SSSR count). The van der Waals surface area contributed by atoms with Gasteiger partial charge in [0.05, 0.1) is 12.0 Å². The molecule has 0 spiro atoms. The number of halogens is 2. The molecule has 1 unspecified atom stereocenters. The summed E-state index contributed by atoms with van der Waals surface area (Å²) in [4.78, 5) is 30.5. The van der Waals surface area contributed by atoms with Gasteiger partial charge < -0.3 is 15.5 Å². The van der Waals surface area contributed by atoms with E-state index < -0.39 is 23.1 Å². The number of furan rings is 1. The molecule has 0 saturated carbocycles. The van der Waals surface area contributed by atoms with Gasteiger partial charge in [0.1, 0.15) is 17.2 Å². The fraction of sp³-hybridized carbons (Fsp3) is 0.227. The van der Waals surface area contributed by atoms with Crippen LogP contribution in [-0.2, 0) is 10.3 Å².